The van der Waals surface area contributed by atoms with Crippen LogP contribution in [0, 0.1) is 5.41 Å². The van der Waals surface area contributed by atoms with Crippen LogP contribution in [0.5, 0.6) is 0 Å². The number of nitrogens with one attached hydrogen (secondary N) is 1. The Kier molecular flexibility index (Phi) is 7.32. The molecule has 22 heavy (non-hydrogen) atoms. The fourth-order valence-electron chi connectivity index (χ4n) is 2.72. The Balaban J connectivity index is 2.46. The fraction of sp³-hybridized carbons (Fsp3) is 0.938. The minimum Gasteiger partial charge on any atom is -0.339 e. The van der Waals surface area contributed by atoms with Gasteiger partial charge in [-0.1, -0.05) is 40.5 Å². The Hall–Kier alpha value is -0.620. The van der Waals surface area contributed by atoms with Gasteiger partial charge in [0.15, 0.2) is 9.84 Å². The average molecular weight is 333 g/mol. The van der Waals surface area contributed by atoms with E-state index in [2.05, 4.69) is 26.1 Å². The van der Waals surface area contributed by atoms with E-state index in [4.69, 9.17) is 0 Å². The van der Waals surface area contributed by atoms with Crippen LogP contribution in [-0.4, -0.2) is 56.4 Å². The highest BCUT2D eigenvalue weighted by Gasteiger charge is 2.29. The smallest absolute Gasteiger partial charge is 0.239 e. The van der Waals surface area contributed by atoms with Gasteiger partial charge in [-0.25, -0.2) is 8.42 Å². The van der Waals surface area contributed by atoms with Gasteiger partial charge in [0.25, 0.3) is 0 Å². The third-order valence-corrected chi connectivity index (χ3v) is 5.68. The van der Waals surface area contributed by atoms with Crippen molar-refractivity contribution in [3.8, 4) is 0 Å². The summed E-state index contributed by atoms with van der Waals surface area (Å²) in [5.74, 6) is 0.260. The molecule has 130 valence electrons. The number of hydrogen-bond donors (Lipinski definition) is 1. The highest BCUT2D eigenvalue weighted by molar-refractivity contribution is 7.91. The van der Waals surface area contributed by atoms with Crippen molar-refractivity contribution in [2.75, 3.05) is 31.1 Å². The first-order chi connectivity index (χ1) is 10.1. The van der Waals surface area contributed by atoms with Crippen LogP contribution in [0.3, 0.4) is 0 Å². The highest BCUT2D eigenvalue weighted by atomic mass is 32.2. The molecule has 1 unspecified atom stereocenters. The van der Waals surface area contributed by atoms with Crippen LogP contribution in [-0.2, 0) is 14.6 Å². The predicted molar refractivity (Wildman–Crippen MR) is 90.6 cm³/mol. The molecule has 1 N–H and O–H groups in total. The molecule has 1 rings (SSSR count). The molecule has 1 heterocycles. The highest BCUT2D eigenvalue weighted by Crippen LogP contribution is 2.22. The lowest BCUT2D eigenvalue weighted by atomic mass is 9.89. The monoisotopic (exact) mass is 332 g/mol. The topological polar surface area (TPSA) is 66.5 Å². The zero-order chi connectivity index (χ0) is 16.8. The number of unbranched alkanes of at least 4 members (excludes halogenated alkanes) is 1. The zero-order valence-corrected chi connectivity index (χ0v) is 15.3. The maximum atomic E-state index is 12.6. The van der Waals surface area contributed by atoms with Crippen molar-refractivity contribution in [2.24, 2.45) is 5.41 Å². The largest absolute Gasteiger partial charge is 0.339 e. The number of hydrogen-bond acceptors (Lipinski definition) is 4. The van der Waals surface area contributed by atoms with E-state index in [0.717, 1.165) is 32.2 Å². The Morgan fingerprint density at radius 2 is 1.77 bits per heavy atom. The van der Waals surface area contributed by atoms with Crippen LogP contribution in [0.1, 0.15) is 53.4 Å². The number of carbonyl (C=O) groups excluding carboxylic acids is 1. The summed E-state index contributed by atoms with van der Waals surface area (Å²) in [5, 5.41) is 3.26. The summed E-state index contributed by atoms with van der Waals surface area (Å²) in [7, 11) is -2.94. The molecule has 0 spiro atoms. The first-order valence-electron chi connectivity index (χ1n) is 8.37. The third kappa shape index (κ3) is 7.09. The van der Waals surface area contributed by atoms with Crippen molar-refractivity contribution in [1.82, 2.24) is 10.2 Å². The van der Waals surface area contributed by atoms with Gasteiger partial charge in [-0.15, -0.1) is 0 Å². The average Bonchev–Trinajstić information content (AvgIpc) is 2.40. The predicted octanol–water partition coefficient (Wildman–Crippen LogP) is 1.83. The summed E-state index contributed by atoms with van der Waals surface area (Å²) in [4.78, 5) is 14.3. The Morgan fingerprint density at radius 3 is 2.27 bits per heavy atom. The van der Waals surface area contributed by atoms with Crippen LogP contribution in [0.15, 0.2) is 0 Å². The van der Waals surface area contributed by atoms with Gasteiger partial charge in [-0.2, -0.15) is 0 Å². The molecule has 0 aliphatic carbocycles. The van der Waals surface area contributed by atoms with E-state index in [-0.39, 0.29) is 23.5 Å². The Labute approximate surface area is 135 Å². The molecule has 0 aromatic rings. The quantitative estimate of drug-likeness (QED) is 0.722. The molecule has 0 saturated carbocycles. The summed E-state index contributed by atoms with van der Waals surface area (Å²) >= 11 is 0. The van der Waals surface area contributed by atoms with Crippen molar-refractivity contribution in [2.45, 2.75) is 59.4 Å². The molecule has 0 aromatic carbocycles. The summed E-state index contributed by atoms with van der Waals surface area (Å²) < 4.78 is 22.9. The molecule has 1 fully saturated rings. The molecule has 1 aliphatic heterocycles. The van der Waals surface area contributed by atoms with Crippen molar-refractivity contribution >= 4 is 15.7 Å². The second kappa shape index (κ2) is 8.29. The van der Waals surface area contributed by atoms with E-state index in [1.54, 1.807) is 4.90 Å². The van der Waals surface area contributed by atoms with Crippen LogP contribution in [0.25, 0.3) is 0 Å². The number of carbonyl (C=O) groups is 1. The standard InChI is InChI=1S/C16H32N2O3S/c1-5-17-14(8-6-7-9-16(2,3)4)15(19)18-10-12-22(20,21)13-11-18/h14,17H,5-13H2,1-4H3. The van der Waals surface area contributed by atoms with E-state index >= 15 is 0 Å². The van der Waals surface area contributed by atoms with E-state index in [1.165, 1.54) is 0 Å². The molecule has 5 nitrogen and oxygen atoms in total. The molecular weight excluding hydrogens is 300 g/mol. The van der Waals surface area contributed by atoms with Gasteiger partial charge in [0.2, 0.25) is 5.91 Å². The van der Waals surface area contributed by atoms with Crippen LogP contribution in [0.2, 0.25) is 0 Å². The maximum absolute atomic E-state index is 12.6. The van der Waals surface area contributed by atoms with Crippen LogP contribution >= 0.6 is 0 Å². The zero-order valence-electron chi connectivity index (χ0n) is 14.5. The summed E-state index contributed by atoms with van der Waals surface area (Å²) in [5.41, 5.74) is 0.332. The molecule has 0 bridgehead atoms. The molecule has 1 aliphatic rings. The first-order valence-corrected chi connectivity index (χ1v) is 10.2. The summed E-state index contributed by atoms with van der Waals surface area (Å²) in [6, 6.07) is -0.175. The minimum atomic E-state index is -2.94. The van der Waals surface area contributed by atoms with Crippen LogP contribution in [0.4, 0.5) is 0 Å². The normalized spacial score (nSPS) is 19.9. The number of rotatable bonds is 7. The molecule has 0 aromatic heterocycles. The van der Waals surface area contributed by atoms with Gasteiger partial charge in [-0.05, 0) is 24.8 Å². The van der Waals surface area contributed by atoms with Crippen molar-refractivity contribution < 1.29 is 13.2 Å². The van der Waals surface area contributed by atoms with Crippen LogP contribution < -0.4 is 5.32 Å². The lowest BCUT2D eigenvalue weighted by Crippen LogP contribution is -2.51. The third-order valence-electron chi connectivity index (χ3n) is 4.07. The minimum absolute atomic E-state index is 0.0625. The number of sulfone groups is 1. The SMILES string of the molecule is CCNC(CCCCC(C)(C)C)C(=O)N1CCS(=O)(=O)CC1. The van der Waals surface area contributed by atoms with Crippen molar-refractivity contribution in [1.29, 1.82) is 0 Å². The first kappa shape index (κ1) is 19.4. The molecule has 1 amide bonds. The maximum Gasteiger partial charge on any atom is 0.239 e. The number of amides is 1. The van der Waals surface area contributed by atoms with Gasteiger partial charge in [0.1, 0.15) is 0 Å². The van der Waals surface area contributed by atoms with E-state index in [1.807, 2.05) is 6.92 Å². The number of likely N-dealkylation sites (N-methyl/N-ethyl adjacent to an activating group) is 1. The van der Waals surface area contributed by atoms with E-state index in [9.17, 15) is 13.2 Å². The lowest BCUT2D eigenvalue weighted by molar-refractivity contribution is -0.133. The Morgan fingerprint density at radius 1 is 1.18 bits per heavy atom. The lowest BCUT2D eigenvalue weighted by Gasteiger charge is -2.30. The molecule has 1 saturated heterocycles. The van der Waals surface area contributed by atoms with Gasteiger partial charge >= 0.3 is 0 Å². The summed E-state index contributed by atoms with van der Waals surface area (Å²) in [6.07, 6.45) is 4.12. The molecule has 1 atom stereocenters. The Bertz CT molecular complexity index is 441. The van der Waals surface area contributed by atoms with Gasteiger partial charge in [-0.3, -0.25) is 4.79 Å². The second-order valence-electron chi connectivity index (χ2n) is 7.39. The number of nitrogens with zero attached hydrogens (tertiary/aromatic N) is 1. The van der Waals surface area contributed by atoms with Gasteiger partial charge < -0.3 is 10.2 Å². The van der Waals surface area contributed by atoms with Gasteiger partial charge in [0.05, 0.1) is 17.5 Å². The van der Waals surface area contributed by atoms with E-state index < -0.39 is 9.84 Å². The molecular formula is C16H32N2O3S. The van der Waals surface area contributed by atoms with Crippen molar-refractivity contribution in [3.63, 3.8) is 0 Å². The summed E-state index contributed by atoms with van der Waals surface area (Å²) in [6.45, 7) is 10.1. The molecule has 6 heteroatoms. The molecule has 0 radical (unpaired) electrons. The van der Waals surface area contributed by atoms with Crippen molar-refractivity contribution in [3.05, 3.63) is 0 Å². The fourth-order valence-corrected chi connectivity index (χ4v) is 3.92. The van der Waals surface area contributed by atoms with E-state index in [0.29, 0.717) is 18.5 Å². The second-order valence-corrected chi connectivity index (χ2v) is 9.70. The van der Waals surface area contributed by atoms with Gasteiger partial charge in [0, 0.05) is 13.1 Å².